The lowest BCUT2D eigenvalue weighted by Crippen LogP contribution is -1.98. The molecule has 8 heteroatoms. The Morgan fingerprint density at radius 2 is 2.11 bits per heavy atom. The zero-order valence-electron chi connectivity index (χ0n) is 10.5. The van der Waals surface area contributed by atoms with E-state index in [4.69, 9.17) is 0 Å². The van der Waals surface area contributed by atoms with Gasteiger partial charge < -0.3 is 5.32 Å². The summed E-state index contributed by atoms with van der Waals surface area (Å²) in [5.74, 6) is 1.23. The van der Waals surface area contributed by atoms with Crippen LogP contribution in [0.25, 0.3) is 22.8 Å². The molecule has 0 saturated carbocycles. The molecule has 2 N–H and O–H groups in total. The number of nitrogens with zero attached hydrogens (tertiary/aromatic N) is 6. The van der Waals surface area contributed by atoms with Crippen LogP contribution in [0.3, 0.4) is 0 Å². The molecule has 0 fully saturated rings. The maximum Gasteiger partial charge on any atom is 0.184 e. The molecule has 0 radical (unpaired) electrons. The van der Waals surface area contributed by atoms with Crippen LogP contribution >= 0.6 is 0 Å². The molecule has 0 amide bonds. The van der Waals surface area contributed by atoms with Crippen LogP contribution in [0.2, 0.25) is 0 Å². The van der Waals surface area contributed by atoms with Gasteiger partial charge in [-0.15, -0.1) is 0 Å². The van der Waals surface area contributed by atoms with Crippen molar-refractivity contribution in [2.24, 2.45) is 7.05 Å². The van der Waals surface area contributed by atoms with Gasteiger partial charge in [0.05, 0.1) is 18.1 Å². The van der Waals surface area contributed by atoms with Crippen LogP contribution in [-0.2, 0) is 7.05 Å². The summed E-state index contributed by atoms with van der Waals surface area (Å²) in [6, 6.07) is 1.86. The number of anilines is 1. The fraction of sp³-hybridized carbons (Fsp3) is 0.182. The Kier molecular flexibility index (Phi) is 2.67. The smallest absolute Gasteiger partial charge is 0.184 e. The first-order valence-corrected chi connectivity index (χ1v) is 5.68. The van der Waals surface area contributed by atoms with Gasteiger partial charge in [0.1, 0.15) is 11.5 Å². The molecule has 0 aliphatic carbocycles. The molecule has 0 aliphatic heterocycles. The SMILES string of the molecule is CNc1cc(-c2cnn(C)c2)nc(-c2cn[nH]n2)n1. The lowest BCUT2D eigenvalue weighted by Gasteiger charge is -2.04. The van der Waals surface area contributed by atoms with Gasteiger partial charge in [-0.3, -0.25) is 4.68 Å². The molecular formula is C11H12N8. The molecule has 8 nitrogen and oxygen atoms in total. The van der Waals surface area contributed by atoms with Crippen molar-refractivity contribution in [2.75, 3.05) is 12.4 Å². The second-order valence-electron chi connectivity index (χ2n) is 3.97. The van der Waals surface area contributed by atoms with Crippen molar-refractivity contribution in [3.05, 3.63) is 24.7 Å². The third-order valence-corrected chi connectivity index (χ3v) is 2.63. The standard InChI is InChI=1S/C11H12N8/c1-12-10-3-8(7-4-14-19(2)6-7)15-11(16-10)9-5-13-18-17-9/h3-6H,1-2H3,(H,12,15,16)(H,13,17,18). The van der Waals surface area contributed by atoms with Gasteiger partial charge >= 0.3 is 0 Å². The summed E-state index contributed by atoms with van der Waals surface area (Å²) in [4.78, 5) is 8.84. The van der Waals surface area contributed by atoms with Crippen LogP contribution in [0.1, 0.15) is 0 Å². The number of hydrogen-bond acceptors (Lipinski definition) is 6. The number of H-pyrrole nitrogens is 1. The van der Waals surface area contributed by atoms with Crippen molar-refractivity contribution in [1.82, 2.24) is 35.2 Å². The van der Waals surface area contributed by atoms with Crippen molar-refractivity contribution in [2.45, 2.75) is 0 Å². The van der Waals surface area contributed by atoms with E-state index in [1.165, 1.54) is 0 Å². The van der Waals surface area contributed by atoms with Crippen LogP contribution in [0, 0.1) is 0 Å². The molecule has 0 aliphatic rings. The minimum atomic E-state index is 0.513. The average Bonchev–Trinajstić information content (AvgIpc) is 3.09. The predicted octanol–water partition coefficient (Wildman–Crippen LogP) is 0.704. The summed E-state index contributed by atoms with van der Waals surface area (Å²) in [6.07, 6.45) is 5.24. The molecule has 19 heavy (non-hydrogen) atoms. The maximum atomic E-state index is 4.48. The minimum Gasteiger partial charge on any atom is -0.373 e. The van der Waals surface area contributed by atoms with Crippen LogP contribution in [0.4, 0.5) is 5.82 Å². The molecule has 0 atom stereocenters. The van der Waals surface area contributed by atoms with Gasteiger partial charge in [0.15, 0.2) is 5.82 Å². The molecule has 0 aromatic carbocycles. The normalized spacial score (nSPS) is 10.6. The molecule has 3 heterocycles. The van der Waals surface area contributed by atoms with Gasteiger partial charge in [-0.25, -0.2) is 9.97 Å². The first kappa shape index (κ1) is 11.3. The summed E-state index contributed by atoms with van der Waals surface area (Å²) >= 11 is 0. The summed E-state index contributed by atoms with van der Waals surface area (Å²) < 4.78 is 1.73. The molecule has 3 rings (SSSR count). The molecule has 3 aromatic heterocycles. The second-order valence-corrected chi connectivity index (χ2v) is 3.97. The van der Waals surface area contributed by atoms with Crippen molar-refractivity contribution < 1.29 is 0 Å². The maximum absolute atomic E-state index is 4.48. The number of nitrogens with one attached hydrogen (secondary N) is 2. The van der Waals surface area contributed by atoms with Crippen LogP contribution < -0.4 is 5.32 Å². The van der Waals surface area contributed by atoms with Crippen molar-refractivity contribution >= 4 is 5.82 Å². The number of aromatic nitrogens is 7. The Morgan fingerprint density at radius 1 is 1.21 bits per heavy atom. The lowest BCUT2D eigenvalue weighted by molar-refractivity contribution is 0.768. The fourth-order valence-corrected chi connectivity index (χ4v) is 1.70. The van der Waals surface area contributed by atoms with E-state index in [0.29, 0.717) is 17.3 Å². The summed E-state index contributed by atoms with van der Waals surface area (Å²) in [5.41, 5.74) is 2.30. The van der Waals surface area contributed by atoms with Gasteiger partial charge in [-0.05, 0) is 0 Å². The fourth-order valence-electron chi connectivity index (χ4n) is 1.70. The molecule has 0 spiro atoms. The molecule has 96 valence electrons. The average molecular weight is 256 g/mol. The lowest BCUT2D eigenvalue weighted by atomic mass is 10.2. The van der Waals surface area contributed by atoms with Crippen LogP contribution in [0.15, 0.2) is 24.7 Å². The highest BCUT2D eigenvalue weighted by atomic mass is 15.3. The summed E-state index contributed by atoms with van der Waals surface area (Å²) in [5, 5.41) is 17.5. The molecular weight excluding hydrogens is 244 g/mol. The van der Waals surface area contributed by atoms with Gasteiger partial charge in [0.2, 0.25) is 0 Å². The summed E-state index contributed by atoms with van der Waals surface area (Å²) in [6.45, 7) is 0. The largest absolute Gasteiger partial charge is 0.373 e. The zero-order valence-corrected chi connectivity index (χ0v) is 10.5. The van der Waals surface area contributed by atoms with Gasteiger partial charge in [-0.2, -0.15) is 20.5 Å². The van der Waals surface area contributed by atoms with E-state index < -0.39 is 0 Å². The Balaban J connectivity index is 2.12. The Morgan fingerprint density at radius 3 is 2.74 bits per heavy atom. The first-order chi connectivity index (χ1) is 9.26. The van der Waals surface area contributed by atoms with Crippen molar-refractivity contribution in [3.63, 3.8) is 0 Å². The van der Waals surface area contributed by atoms with E-state index >= 15 is 0 Å². The van der Waals surface area contributed by atoms with E-state index in [0.717, 1.165) is 11.3 Å². The molecule has 0 unspecified atom stereocenters. The summed E-state index contributed by atoms with van der Waals surface area (Å²) in [7, 11) is 3.67. The first-order valence-electron chi connectivity index (χ1n) is 5.68. The van der Waals surface area contributed by atoms with Gasteiger partial charge in [0, 0.05) is 31.9 Å². The monoisotopic (exact) mass is 256 g/mol. The Labute approximate surface area is 108 Å². The highest BCUT2D eigenvalue weighted by molar-refractivity contribution is 5.64. The Bertz CT molecular complexity index is 685. The number of hydrogen-bond donors (Lipinski definition) is 2. The second kappa shape index (κ2) is 4.48. The number of aryl methyl sites for hydroxylation is 1. The molecule has 3 aromatic rings. The topological polar surface area (TPSA) is 97.2 Å². The molecule has 0 saturated heterocycles. The van der Waals surface area contributed by atoms with E-state index in [2.05, 4.69) is 35.8 Å². The van der Waals surface area contributed by atoms with E-state index in [1.807, 2.05) is 26.4 Å². The number of aromatic amines is 1. The van der Waals surface area contributed by atoms with Crippen molar-refractivity contribution in [1.29, 1.82) is 0 Å². The highest BCUT2D eigenvalue weighted by Gasteiger charge is 2.11. The van der Waals surface area contributed by atoms with E-state index in [1.54, 1.807) is 17.1 Å². The van der Waals surface area contributed by atoms with E-state index in [9.17, 15) is 0 Å². The highest BCUT2D eigenvalue weighted by Crippen LogP contribution is 2.22. The minimum absolute atomic E-state index is 0.513. The number of rotatable bonds is 3. The van der Waals surface area contributed by atoms with Gasteiger partial charge in [-0.1, -0.05) is 0 Å². The quantitative estimate of drug-likeness (QED) is 0.716. The molecule has 0 bridgehead atoms. The van der Waals surface area contributed by atoms with Crippen LogP contribution in [0.5, 0.6) is 0 Å². The van der Waals surface area contributed by atoms with Crippen molar-refractivity contribution in [3.8, 4) is 22.8 Å². The van der Waals surface area contributed by atoms with Gasteiger partial charge in [0.25, 0.3) is 0 Å². The third kappa shape index (κ3) is 2.15. The third-order valence-electron chi connectivity index (χ3n) is 2.63. The van der Waals surface area contributed by atoms with Crippen LogP contribution in [-0.4, -0.2) is 42.2 Å². The zero-order chi connectivity index (χ0) is 13.2. The Hall–Kier alpha value is -2.77. The van der Waals surface area contributed by atoms with E-state index in [-0.39, 0.29) is 0 Å². The predicted molar refractivity (Wildman–Crippen MR) is 69.2 cm³/mol.